The summed E-state index contributed by atoms with van der Waals surface area (Å²) in [7, 11) is 3.25. The highest BCUT2D eigenvalue weighted by Crippen LogP contribution is 2.26. The van der Waals surface area contributed by atoms with Gasteiger partial charge in [-0.05, 0) is 44.0 Å². The molecule has 0 aliphatic carbocycles. The van der Waals surface area contributed by atoms with E-state index in [1.165, 1.54) is 5.56 Å². The van der Waals surface area contributed by atoms with Gasteiger partial charge in [-0.3, -0.25) is 4.79 Å². The van der Waals surface area contributed by atoms with Crippen LogP contribution in [0.15, 0.2) is 54.7 Å². The number of hydrogen-bond donors (Lipinski definition) is 1. The molecule has 0 spiro atoms. The Bertz CT molecular complexity index is 1100. The van der Waals surface area contributed by atoms with Crippen molar-refractivity contribution in [2.24, 2.45) is 5.92 Å². The summed E-state index contributed by atoms with van der Waals surface area (Å²) in [6.07, 6.45) is 3.58. The Hall–Kier alpha value is -3.61. The molecular weight excluding hydrogens is 416 g/mol. The number of carbonyl (C=O) groups is 1. The van der Waals surface area contributed by atoms with Crippen LogP contribution < -0.4 is 19.7 Å². The zero-order valence-corrected chi connectivity index (χ0v) is 19.4. The highest BCUT2D eigenvalue weighted by atomic mass is 16.5. The summed E-state index contributed by atoms with van der Waals surface area (Å²) in [6.45, 7) is 3.95. The maximum absolute atomic E-state index is 13.0. The first-order chi connectivity index (χ1) is 16.1. The van der Waals surface area contributed by atoms with Crippen molar-refractivity contribution >= 4 is 11.7 Å². The number of anilines is 1. The Balaban J connectivity index is 1.42. The molecule has 0 saturated carbocycles. The van der Waals surface area contributed by atoms with Gasteiger partial charge in [0.25, 0.3) is 0 Å². The van der Waals surface area contributed by atoms with Gasteiger partial charge < -0.3 is 19.7 Å². The molecule has 1 amide bonds. The van der Waals surface area contributed by atoms with Crippen LogP contribution in [0.5, 0.6) is 11.5 Å². The number of carbonyl (C=O) groups excluding carboxylic acids is 1. The maximum atomic E-state index is 13.0. The summed E-state index contributed by atoms with van der Waals surface area (Å²) >= 11 is 0. The van der Waals surface area contributed by atoms with Gasteiger partial charge in [0, 0.05) is 37.0 Å². The lowest BCUT2D eigenvalue weighted by molar-refractivity contribution is -0.125. The number of nitrogens with one attached hydrogen (secondary N) is 1. The summed E-state index contributed by atoms with van der Waals surface area (Å²) in [5.41, 5.74) is 3.07. The predicted octanol–water partition coefficient (Wildman–Crippen LogP) is 4.00. The molecule has 2 aromatic carbocycles. The Morgan fingerprint density at radius 1 is 1.12 bits per heavy atom. The van der Waals surface area contributed by atoms with Crippen LogP contribution in [-0.2, 0) is 11.3 Å². The van der Waals surface area contributed by atoms with E-state index < -0.39 is 0 Å². The molecule has 1 aliphatic heterocycles. The van der Waals surface area contributed by atoms with E-state index in [1.807, 2.05) is 36.4 Å². The fourth-order valence-corrected chi connectivity index (χ4v) is 4.11. The number of methoxy groups -OCH3 is 2. The first-order valence-electron chi connectivity index (χ1n) is 11.2. The summed E-state index contributed by atoms with van der Waals surface area (Å²) < 4.78 is 10.7. The van der Waals surface area contributed by atoms with Crippen molar-refractivity contribution in [1.29, 1.82) is 0 Å². The highest BCUT2D eigenvalue weighted by molar-refractivity contribution is 5.79. The second-order valence-electron chi connectivity index (χ2n) is 8.29. The molecule has 1 aliphatic rings. The van der Waals surface area contributed by atoms with Gasteiger partial charge >= 0.3 is 0 Å². The van der Waals surface area contributed by atoms with Gasteiger partial charge in [-0.2, -0.15) is 0 Å². The Labute approximate surface area is 194 Å². The fraction of sp³-hybridized carbons (Fsp3) is 0.346. The van der Waals surface area contributed by atoms with E-state index >= 15 is 0 Å². The van der Waals surface area contributed by atoms with E-state index in [-0.39, 0.29) is 11.8 Å². The van der Waals surface area contributed by atoms with E-state index in [0.29, 0.717) is 18.9 Å². The number of ether oxygens (including phenoxy) is 2. The smallest absolute Gasteiger partial charge is 0.225 e. The average Bonchev–Trinajstić information content (AvgIpc) is 2.87. The Morgan fingerprint density at radius 3 is 2.70 bits per heavy atom. The van der Waals surface area contributed by atoms with Crippen LogP contribution in [0.4, 0.5) is 5.82 Å². The molecule has 1 atom stereocenters. The van der Waals surface area contributed by atoms with Gasteiger partial charge in [-0.1, -0.05) is 29.8 Å². The SMILES string of the molecule is COc1ccc(OC)c(CNC(=O)C2CCCN(c3ccnc(-c4ccc(C)cc4)n3)C2)c1. The number of aromatic nitrogens is 2. The van der Waals surface area contributed by atoms with Crippen LogP contribution in [-0.4, -0.2) is 43.2 Å². The van der Waals surface area contributed by atoms with E-state index in [9.17, 15) is 4.79 Å². The van der Waals surface area contributed by atoms with Crippen molar-refractivity contribution in [3.63, 3.8) is 0 Å². The number of rotatable bonds is 7. The molecule has 0 bridgehead atoms. The van der Waals surface area contributed by atoms with Gasteiger partial charge in [0.15, 0.2) is 5.82 Å². The highest BCUT2D eigenvalue weighted by Gasteiger charge is 2.27. The zero-order chi connectivity index (χ0) is 23.2. The molecule has 0 radical (unpaired) electrons. The predicted molar refractivity (Wildman–Crippen MR) is 129 cm³/mol. The van der Waals surface area contributed by atoms with Crippen molar-refractivity contribution in [2.45, 2.75) is 26.3 Å². The molecule has 33 heavy (non-hydrogen) atoms. The first-order valence-corrected chi connectivity index (χ1v) is 11.2. The van der Waals surface area contributed by atoms with Crippen LogP contribution in [0.3, 0.4) is 0 Å². The molecule has 172 valence electrons. The van der Waals surface area contributed by atoms with Crippen LogP contribution in [0.25, 0.3) is 11.4 Å². The van der Waals surface area contributed by atoms with Crippen LogP contribution >= 0.6 is 0 Å². The van der Waals surface area contributed by atoms with Crippen molar-refractivity contribution in [3.05, 3.63) is 65.9 Å². The molecule has 4 rings (SSSR count). The molecule has 2 heterocycles. The number of nitrogens with zero attached hydrogens (tertiary/aromatic N) is 3. The molecule has 3 aromatic rings. The van der Waals surface area contributed by atoms with Gasteiger partial charge in [0.05, 0.1) is 20.1 Å². The van der Waals surface area contributed by atoms with E-state index in [4.69, 9.17) is 14.5 Å². The fourth-order valence-electron chi connectivity index (χ4n) is 4.11. The number of amides is 1. The molecule has 1 N–H and O–H groups in total. The van der Waals surface area contributed by atoms with Crippen molar-refractivity contribution in [3.8, 4) is 22.9 Å². The largest absolute Gasteiger partial charge is 0.497 e. The number of benzene rings is 2. The van der Waals surface area contributed by atoms with E-state index in [1.54, 1.807) is 20.4 Å². The zero-order valence-electron chi connectivity index (χ0n) is 19.4. The van der Waals surface area contributed by atoms with Crippen LogP contribution in [0.1, 0.15) is 24.0 Å². The van der Waals surface area contributed by atoms with Crippen LogP contribution in [0, 0.1) is 12.8 Å². The monoisotopic (exact) mass is 446 g/mol. The summed E-state index contributed by atoms with van der Waals surface area (Å²) in [5, 5.41) is 3.08. The molecule has 1 aromatic heterocycles. The number of hydrogen-bond acceptors (Lipinski definition) is 6. The van der Waals surface area contributed by atoms with E-state index in [2.05, 4.69) is 34.3 Å². The molecular formula is C26H30N4O3. The molecule has 7 nitrogen and oxygen atoms in total. The van der Waals surface area contributed by atoms with Gasteiger partial charge in [-0.15, -0.1) is 0 Å². The third-order valence-electron chi connectivity index (χ3n) is 6.01. The second-order valence-corrected chi connectivity index (χ2v) is 8.29. The van der Waals surface area contributed by atoms with Gasteiger partial charge in [0.1, 0.15) is 17.3 Å². The molecule has 1 fully saturated rings. The quantitative estimate of drug-likeness (QED) is 0.591. The lowest BCUT2D eigenvalue weighted by Crippen LogP contribution is -2.43. The maximum Gasteiger partial charge on any atom is 0.225 e. The van der Waals surface area contributed by atoms with Crippen molar-refractivity contribution in [2.75, 3.05) is 32.2 Å². The lowest BCUT2D eigenvalue weighted by atomic mass is 9.97. The van der Waals surface area contributed by atoms with Crippen molar-refractivity contribution in [1.82, 2.24) is 15.3 Å². The summed E-state index contributed by atoms with van der Waals surface area (Å²) in [5.74, 6) is 2.95. The van der Waals surface area contributed by atoms with Crippen LogP contribution in [0.2, 0.25) is 0 Å². The number of aryl methyl sites for hydroxylation is 1. The topological polar surface area (TPSA) is 76.6 Å². The Morgan fingerprint density at radius 2 is 1.94 bits per heavy atom. The molecule has 1 unspecified atom stereocenters. The normalized spacial score (nSPS) is 15.7. The Kier molecular flexibility index (Phi) is 7.07. The first kappa shape index (κ1) is 22.6. The number of piperidine rings is 1. The van der Waals surface area contributed by atoms with Gasteiger partial charge in [-0.25, -0.2) is 9.97 Å². The lowest BCUT2D eigenvalue weighted by Gasteiger charge is -2.33. The minimum Gasteiger partial charge on any atom is -0.497 e. The molecule has 7 heteroatoms. The summed E-state index contributed by atoms with van der Waals surface area (Å²) in [6, 6.07) is 15.7. The third-order valence-corrected chi connectivity index (χ3v) is 6.01. The van der Waals surface area contributed by atoms with Crippen molar-refractivity contribution < 1.29 is 14.3 Å². The average molecular weight is 447 g/mol. The van der Waals surface area contributed by atoms with E-state index in [0.717, 1.165) is 47.8 Å². The second kappa shape index (κ2) is 10.3. The molecule has 1 saturated heterocycles. The minimum atomic E-state index is -0.104. The van der Waals surface area contributed by atoms with Gasteiger partial charge in [0.2, 0.25) is 5.91 Å². The third kappa shape index (κ3) is 5.42. The summed E-state index contributed by atoms with van der Waals surface area (Å²) in [4.78, 5) is 24.4. The minimum absolute atomic E-state index is 0.0392. The standard InChI is InChI=1S/C26H30N4O3/c1-18-6-8-19(9-7-18)25-27-13-12-24(29-25)30-14-4-5-20(17-30)26(31)28-16-21-15-22(32-2)10-11-23(21)33-3/h6-13,15,20H,4-5,14,16-17H2,1-3H3,(H,28,31).